The summed E-state index contributed by atoms with van der Waals surface area (Å²) in [4.78, 5) is 28.8. The minimum Gasteiger partial charge on any atom is -0.405 e. The van der Waals surface area contributed by atoms with Crippen molar-refractivity contribution in [3.8, 4) is 16.9 Å². The summed E-state index contributed by atoms with van der Waals surface area (Å²) in [6.45, 7) is 0.550. The zero-order valence-electron chi connectivity index (χ0n) is 21.9. The number of carbonyl (C=O) groups is 2. The Labute approximate surface area is 229 Å². The molecule has 1 unspecified atom stereocenters. The number of nitrogens with two attached hydrogens (primary N) is 1. The summed E-state index contributed by atoms with van der Waals surface area (Å²) in [5.41, 5.74) is 9.11. The van der Waals surface area contributed by atoms with Crippen molar-refractivity contribution in [2.45, 2.75) is 31.7 Å². The Kier molecular flexibility index (Phi) is 9.23. The lowest BCUT2D eigenvalue weighted by Crippen LogP contribution is -2.42. The second-order valence-electron chi connectivity index (χ2n) is 9.33. The van der Waals surface area contributed by atoms with Gasteiger partial charge in [0, 0.05) is 55.4 Å². The summed E-state index contributed by atoms with van der Waals surface area (Å²) in [6.07, 6.45) is -1.85. The number of halogens is 3. The third kappa shape index (κ3) is 7.28. The SMILES string of the molecule is COCCCC(=O)c1ccc(-c2ccc(OC(F)(F)F)c(C(=O)NC(CN)Cc3c[nH]c4ccccc34)c2)cc1. The number of H-pyrrole nitrogens is 1. The number of fused-ring (bicyclic) bond motifs is 1. The van der Waals surface area contributed by atoms with Crippen molar-refractivity contribution in [3.05, 3.63) is 89.6 Å². The number of methoxy groups -OCH3 is 1. The van der Waals surface area contributed by atoms with Gasteiger partial charge in [-0.3, -0.25) is 9.59 Å². The largest absolute Gasteiger partial charge is 0.573 e. The minimum absolute atomic E-state index is 0.0411. The molecule has 0 aliphatic carbocycles. The molecule has 210 valence electrons. The van der Waals surface area contributed by atoms with E-state index in [2.05, 4.69) is 15.0 Å². The Balaban J connectivity index is 1.57. The molecule has 10 heteroatoms. The molecular weight excluding hydrogens is 523 g/mol. The normalized spacial score (nSPS) is 12.3. The zero-order chi connectivity index (χ0) is 28.7. The highest BCUT2D eigenvalue weighted by molar-refractivity contribution is 5.99. The van der Waals surface area contributed by atoms with Crippen LogP contribution in [0, 0.1) is 0 Å². The number of para-hydroxylation sites is 1. The molecule has 1 amide bonds. The fourth-order valence-corrected chi connectivity index (χ4v) is 4.49. The van der Waals surface area contributed by atoms with E-state index in [1.165, 1.54) is 12.1 Å². The molecule has 0 radical (unpaired) electrons. The number of hydrogen-bond acceptors (Lipinski definition) is 5. The van der Waals surface area contributed by atoms with Gasteiger partial charge in [-0.15, -0.1) is 13.2 Å². The lowest BCUT2D eigenvalue weighted by atomic mass is 9.98. The van der Waals surface area contributed by atoms with Crippen LogP contribution >= 0.6 is 0 Å². The van der Waals surface area contributed by atoms with Gasteiger partial charge in [0.25, 0.3) is 5.91 Å². The van der Waals surface area contributed by atoms with Crippen LogP contribution in [-0.4, -0.2) is 49.3 Å². The molecule has 7 nitrogen and oxygen atoms in total. The first kappa shape index (κ1) is 28.8. The number of Topliss-reactive ketones (excluding diaryl/α,β-unsaturated/α-hetero) is 1. The van der Waals surface area contributed by atoms with E-state index < -0.39 is 24.1 Å². The number of amides is 1. The molecule has 3 aromatic carbocycles. The second kappa shape index (κ2) is 12.8. The molecule has 1 aromatic heterocycles. The van der Waals surface area contributed by atoms with Crippen molar-refractivity contribution in [1.82, 2.24) is 10.3 Å². The van der Waals surface area contributed by atoms with Crippen molar-refractivity contribution in [1.29, 1.82) is 0 Å². The van der Waals surface area contributed by atoms with Crippen molar-refractivity contribution < 1.29 is 32.2 Å². The maximum Gasteiger partial charge on any atom is 0.573 e. The van der Waals surface area contributed by atoms with Gasteiger partial charge in [-0.2, -0.15) is 0 Å². The van der Waals surface area contributed by atoms with Crippen LogP contribution in [0.3, 0.4) is 0 Å². The Hall–Kier alpha value is -4.15. The Bertz CT molecular complexity index is 1470. The molecule has 0 aliphatic rings. The number of aromatic nitrogens is 1. The molecule has 0 saturated carbocycles. The molecule has 4 rings (SSSR count). The smallest absolute Gasteiger partial charge is 0.405 e. The number of ether oxygens (including phenoxy) is 2. The van der Waals surface area contributed by atoms with E-state index in [1.807, 2.05) is 30.5 Å². The molecule has 1 atom stereocenters. The highest BCUT2D eigenvalue weighted by Gasteiger charge is 2.33. The average molecular weight is 554 g/mol. The average Bonchev–Trinajstić information content (AvgIpc) is 3.35. The third-order valence-electron chi connectivity index (χ3n) is 6.50. The number of rotatable bonds is 12. The summed E-state index contributed by atoms with van der Waals surface area (Å²) in [5.74, 6) is -1.41. The molecule has 4 N–H and O–H groups in total. The summed E-state index contributed by atoms with van der Waals surface area (Å²) in [5, 5.41) is 3.73. The van der Waals surface area contributed by atoms with Gasteiger partial charge in [-0.05, 0) is 47.7 Å². The molecule has 0 spiro atoms. The van der Waals surface area contributed by atoms with E-state index >= 15 is 0 Å². The van der Waals surface area contributed by atoms with Crippen molar-refractivity contribution in [3.63, 3.8) is 0 Å². The van der Waals surface area contributed by atoms with Gasteiger partial charge in [0.15, 0.2) is 5.78 Å². The highest BCUT2D eigenvalue weighted by atomic mass is 19.4. The minimum atomic E-state index is -4.99. The number of hydrogen-bond donors (Lipinski definition) is 3. The first-order valence-corrected chi connectivity index (χ1v) is 12.8. The number of alkyl halides is 3. The Morgan fingerprint density at radius 2 is 1.75 bits per heavy atom. The first-order chi connectivity index (χ1) is 19.2. The molecule has 1 heterocycles. The van der Waals surface area contributed by atoms with E-state index in [0.717, 1.165) is 22.5 Å². The molecule has 4 aromatic rings. The van der Waals surface area contributed by atoms with Gasteiger partial charge in [0.05, 0.1) is 5.56 Å². The summed E-state index contributed by atoms with van der Waals surface area (Å²) in [7, 11) is 1.57. The van der Waals surface area contributed by atoms with Crippen LogP contribution < -0.4 is 15.8 Å². The summed E-state index contributed by atoms with van der Waals surface area (Å²) >= 11 is 0. The molecule has 0 saturated heterocycles. The van der Waals surface area contributed by atoms with Gasteiger partial charge in [0.1, 0.15) is 5.75 Å². The number of ketones is 1. The van der Waals surface area contributed by atoms with Gasteiger partial charge in [-0.25, -0.2) is 0 Å². The van der Waals surface area contributed by atoms with Crippen LogP contribution in [-0.2, 0) is 11.2 Å². The van der Waals surface area contributed by atoms with Gasteiger partial charge < -0.3 is 25.5 Å². The number of aromatic amines is 1. The first-order valence-electron chi connectivity index (χ1n) is 12.8. The van der Waals surface area contributed by atoms with Gasteiger partial charge >= 0.3 is 6.36 Å². The maximum atomic E-state index is 13.3. The Morgan fingerprint density at radius 3 is 2.45 bits per heavy atom. The van der Waals surface area contributed by atoms with E-state index in [1.54, 1.807) is 31.4 Å². The second-order valence-corrected chi connectivity index (χ2v) is 9.33. The quantitative estimate of drug-likeness (QED) is 0.155. The predicted octanol–water partition coefficient (Wildman–Crippen LogP) is 5.64. The van der Waals surface area contributed by atoms with Crippen LogP contribution in [0.15, 0.2) is 72.9 Å². The number of nitrogens with one attached hydrogen (secondary N) is 2. The van der Waals surface area contributed by atoms with Crippen molar-refractivity contribution in [2.75, 3.05) is 20.3 Å². The summed E-state index contributed by atoms with van der Waals surface area (Å²) < 4.78 is 48.6. The van der Waals surface area contributed by atoms with Gasteiger partial charge in [-0.1, -0.05) is 48.5 Å². The third-order valence-corrected chi connectivity index (χ3v) is 6.50. The predicted molar refractivity (Wildman–Crippen MR) is 146 cm³/mol. The van der Waals surface area contributed by atoms with E-state index in [0.29, 0.717) is 42.6 Å². The van der Waals surface area contributed by atoms with Crippen molar-refractivity contribution >= 4 is 22.6 Å². The monoisotopic (exact) mass is 553 g/mol. The molecule has 0 aliphatic heterocycles. The fraction of sp³-hybridized carbons (Fsp3) is 0.267. The van der Waals surface area contributed by atoms with Crippen LogP contribution in [0.4, 0.5) is 13.2 Å². The van der Waals surface area contributed by atoms with Crippen LogP contribution in [0.25, 0.3) is 22.0 Å². The van der Waals surface area contributed by atoms with Gasteiger partial charge in [0.2, 0.25) is 0 Å². The standard InChI is InChI=1S/C30H30F3N3O4/c1-39-14-4-7-27(37)20-10-8-19(9-11-20)21-12-13-28(40-30(31,32)33)25(16-21)29(38)36-23(17-34)15-22-18-35-26-6-3-2-5-24(22)26/h2-3,5-6,8-13,16,18,23,35H,4,7,14-15,17,34H2,1H3,(H,36,38). The van der Waals surface area contributed by atoms with E-state index in [-0.39, 0.29) is 17.9 Å². The topological polar surface area (TPSA) is 106 Å². The molecule has 0 fully saturated rings. The van der Waals surface area contributed by atoms with Crippen LogP contribution in [0.1, 0.15) is 39.1 Å². The van der Waals surface area contributed by atoms with Crippen molar-refractivity contribution in [2.24, 2.45) is 5.73 Å². The Morgan fingerprint density at radius 1 is 1.02 bits per heavy atom. The highest BCUT2D eigenvalue weighted by Crippen LogP contribution is 2.31. The molecular formula is C30H30F3N3O4. The maximum absolute atomic E-state index is 13.3. The fourth-order valence-electron chi connectivity index (χ4n) is 4.49. The van der Waals surface area contributed by atoms with Crippen LogP contribution in [0.2, 0.25) is 0 Å². The lowest BCUT2D eigenvalue weighted by Gasteiger charge is -2.19. The number of benzene rings is 3. The van der Waals surface area contributed by atoms with E-state index in [4.69, 9.17) is 10.5 Å². The summed E-state index contributed by atoms with van der Waals surface area (Å²) in [6, 6.07) is 17.7. The van der Waals surface area contributed by atoms with Crippen LogP contribution in [0.5, 0.6) is 5.75 Å². The molecule has 40 heavy (non-hydrogen) atoms. The van der Waals surface area contributed by atoms with E-state index in [9.17, 15) is 22.8 Å². The number of carbonyl (C=O) groups excluding carboxylic acids is 2. The lowest BCUT2D eigenvalue weighted by molar-refractivity contribution is -0.274. The zero-order valence-corrected chi connectivity index (χ0v) is 21.9. The molecule has 0 bridgehead atoms.